The summed E-state index contributed by atoms with van der Waals surface area (Å²) in [5.74, 6) is -1.09. The van der Waals surface area contributed by atoms with Crippen molar-refractivity contribution in [3.05, 3.63) is 35.4 Å². The molecule has 0 amide bonds. The van der Waals surface area contributed by atoms with E-state index in [1.54, 1.807) is 7.05 Å². The van der Waals surface area contributed by atoms with Crippen molar-refractivity contribution in [2.24, 2.45) is 0 Å². The molecule has 0 aromatic heterocycles. The van der Waals surface area contributed by atoms with Gasteiger partial charge in [0.05, 0.1) is 12.6 Å². The van der Waals surface area contributed by atoms with Gasteiger partial charge in [-0.2, -0.15) is 0 Å². The molecular weight excluding hydrogens is 200 g/mol. The van der Waals surface area contributed by atoms with E-state index in [1.807, 2.05) is 6.92 Å². The zero-order chi connectivity index (χ0) is 11.3. The predicted octanol–water partition coefficient (Wildman–Crippen LogP) is 2.26. The van der Waals surface area contributed by atoms with Crippen molar-refractivity contribution in [3.63, 3.8) is 0 Å². The van der Waals surface area contributed by atoms with Crippen LogP contribution in [0.15, 0.2) is 18.2 Å². The van der Waals surface area contributed by atoms with Crippen LogP contribution in [-0.2, 0) is 4.74 Å². The minimum Gasteiger partial charge on any atom is -0.380 e. The quantitative estimate of drug-likeness (QED) is 0.813. The Kier molecular flexibility index (Phi) is 4.65. The second-order valence-electron chi connectivity index (χ2n) is 3.14. The van der Waals surface area contributed by atoms with Gasteiger partial charge in [0.15, 0.2) is 0 Å². The fraction of sp³-hybridized carbons (Fsp3) is 0.455. The van der Waals surface area contributed by atoms with Crippen LogP contribution in [0.4, 0.5) is 8.78 Å². The topological polar surface area (TPSA) is 21.3 Å². The fourth-order valence-electron chi connectivity index (χ4n) is 1.39. The van der Waals surface area contributed by atoms with Gasteiger partial charge in [0.25, 0.3) is 0 Å². The first-order valence-electron chi connectivity index (χ1n) is 4.89. The number of rotatable bonds is 5. The number of likely N-dealkylation sites (N-methyl/N-ethyl adjacent to an activating group) is 1. The molecule has 1 aromatic rings. The minimum absolute atomic E-state index is 0.0356. The maximum absolute atomic E-state index is 13.4. The van der Waals surface area contributed by atoms with Crippen LogP contribution in [0.1, 0.15) is 18.5 Å². The van der Waals surface area contributed by atoms with Crippen molar-refractivity contribution in [3.8, 4) is 0 Å². The van der Waals surface area contributed by atoms with Gasteiger partial charge in [0.1, 0.15) is 11.6 Å². The lowest BCUT2D eigenvalue weighted by atomic mass is 10.1. The highest BCUT2D eigenvalue weighted by molar-refractivity contribution is 5.23. The van der Waals surface area contributed by atoms with Crippen LogP contribution in [-0.4, -0.2) is 20.3 Å². The van der Waals surface area contributed by atoms with Gasteiger partial charge in [-0.25, -0.2) is 8.78 Å². The molecule has 84 valence electrons. The van der Waals surface area contributed by atoms with Crippen LogP contribution >= 0.6 is 0 Å². The number of halogens is 2. The van der Waals surface area contributed by atoms with Gasteiger partial charge in [-0.1, -0.05) is 6.07 Å². The molecule has 0 spiro atoms. The van der Waals surface area contributed by atoms with Gasteiger partial charge in [-0.05, 0) is 26.1 Å². The van der Waals surface area contributed by atoms with Crippen LogP contribution < -0.4 is 5.32 Å². The number of hydrogen-bond acceptors (Lipinski definition) is 2. The third-order valence-corrected chi connectivity index (χ3v) is 2.19. The Bertz CT molecular complexity index is 297. The van der Waals surface area contributed by atoms with E-state index in [9.17, 15) is 8.78 Å². The van der Waals surface area contributed by atoms with Crippen molar-refractivity contribution in [1.29, 1.82) is 0 Å². The van der Waals surface area contributed by atoms with E-state index in [-0.39, 0.29) is 12.2 Å². The second kappa shape index (κ2) is 5.78. The summed E-state index contributed by atoms with van der Waals surface area (Å²) in [7, 11) is 1.65. The van der Waals surface area contributed by atoms with Gasteiger partial charge in [0.2, 0.25) is 0 Å². The molecule has 0 heterocycles. The summed E-state index contributed by atoms with van der Waals surface area (Å²) >= 11 is 0. The largest absolute Gasteiger partial charge is 0.380 e. The Morgan fingerprint density at radius 3 is 2.40 bits per heavy atom. The summed E-state index contributed by atoms with van der Waals surface area (Å²) < 4.78 is 31.9. The van der Waals surface area contributed by atoms with Gasteiger partial charge in [-0.15, -0.1) is 0 Å². The zero-order valence-corrected chi connectivity index (χ0v) is 8.89. The Morgan fingerprint density at radius 1 is 1.33 bits per heavy atom. The summed E-state index contributed by atoms with van der Waals surface area (Å²) in [4.78, 5) is 0. The molecule has 1 N–H and O–H groups in total. The monoisotopic (exact) mass is 215 g/mol. The molecular formula is C11H15F2NO. The molecule has 0 radical (unpaired) electrons. The molecule has 2 nitrogen and oxygen atoms in total. The average molecular weight is 215 g/mol. The van der Waals surface area contributed by atoms with Crippen LogP contribution in [0.3, 0.4) is 0 Å². The highest BCUT2D eigenvalue weighted by atomic mass is 19.1. The molecule has 0 saturated heterocycles. The lowest BCUT2D eigenvalue weighted by Crippen LogP contribution is -2.24. The fourth-order valence-corrected chi connectivity index (χ4v) is 1.39. The van der Waals surface area contributed by atoms with Crippen molar-refractivity contribution in [2.45, 2.75) is 13.0 Å². The van der Waals surface area contributed by atoms with Crippen molar-refractivity contribution >= 4 is 0 Å². The molecule has 0 aliphatic rings. The van der Waals surface area contributed by atoms with E-state index in [0.717, 1.165) is 0 Å². The van der Waals surface area contributed by atoms with E-state index < -0.39 is 17.7 Å². The molecule has 1 rings (SSSR count). The van der Waals surface area contributed by atoms with E-state index in [4.69, 9.17) is 4.74 Å². The Morgan fingerprint density at radius 2 is 1.93 bits per heavy atom. The molecule has 1 atom stereocenters. The van der Waals surface area contributed by atoms with Crippen LogP contribution in [0.25, 0.3) is 0 Å². The van der Waals surface area contributed by atoms with Gasteiger partial charge >= 0.3 is 0 Å². The molecule has 0 aliphatic heterocycles. The molecule has 0 aliphatic carbocycles. The summed E-state index contributed by atoms with van der Waals surface area (Å²) in [6.45, 7) is 2.61. The third-order valence-electron chi connectivity index (χ3n) is 2.19. The molecule has 1 aromatic carbocycles. The van der Waals surface area contributed by atoms with Crippen molar-refractivity contribution < 1.29 is 13.5 Å². The van der Waals surface area contributed by atoms with E-state index in [2.05, 4.69) is 5.32 Å². The standard InChI is InChI=1S/C11H15F2NO/c1-3-15-7-10(14-2)11-8(12)5-4-6-9(11)13/h4-6,10,14H,3,7H2,1-2H3. The average Bonchev–Trinajstić information content (AvgIpc) is 2.22. The molecule has 0 bridgehead atoms. The third kappa shape index (κ3) is 2.97. The smallest absolute Gasteiger partial charge is 0.131 e. The first kappa shape index (κ1) is 12.1. The Labute approximate surface area is 88.3 Å². The van der Waals surface area contributed by atoms with Gasteiger partial charge in [-0.3, -0.25) is 0 Å². The molecule has 0 fully saturated rings. The molecule has 0 saturated carbocycles. The maximum atomic E-state index is 13.4. The number of hydrogen-bond donors (Lipinski definition) is 1. The number of nitrogens with one attached hydrogen (secondary N) is 1. The summed E-state index contributed by atoms with van der Waals surface area (Å²) in [5, 5.41) is 2.83. The minimum atomic E-state index is -0.547. The van der Waals surface area contributed by atoms with Crippen LogP contribution in [0.5, 0.6) is 0 Å². The maximum Gasteiger partial charge on any atom is 0.131 e. The lowest BCUT2D eigenvalue weighted by molar-refractivity contribution is 0.123. The van der Waals surface area contributed by atoms with Gasteiger partial charge < -0.3 is 10.1 Å². The van der Waals surface area contributed by atoms with Crippen LogP contribution in [0, 0.1) is 11.6 Å². The normalized spacial score (nSPS) is 12.8. The Hall–Kier alpha value is -1.00. The van der Waals surface area contributed by atoms with Crippen molar-refractivity contribution in [2.75, 3.05) is 20.3 Å². The summed E-state index contributed by atoms with van der Waals surface area (Å²) in [5.41, 5.74) is 0.0356. The molecule has 15 heavy (non-hydrogen) atoms. The predicted molar refractivity (Wildman–Crippen MR) is 54.7 cm³/mol. The van der Waals surface area contributed by atoms with E-state index >= 15 is 0 Å². The second-order valence-corrected chi connectivity index (χ2v) is 3.14. The number of ether oxygens (including phenoxy) is 1. The Balaban J connectivity index is 2.90. The summed E-state index contributed by atoms with van der Waals surface area (Å²) in [6.07, 6.45) is 0. The first-order chi connectivity index (χ1) is 7.20. The van der Waals surface area contributed by atoms with Crippen LogP contribution in [0.2, 0.25) is 0 Å². The highest BCUT2D eigenvalue weighted by Crippen LogP contribution is 2.20. The highest BCUT2D eigenvalue weighted by Gasteiger charge is 2.18. The zero-order valence-electron chi connectivity index (χ0n) is 8.89. The lowest BCUT2D eigenvalue weighted by Gasteiger charge is -2.17. The summed E-state index contributed by atoms with van der Waals surface area (Å²) in [6, 6.07) is 3.39. The molecule has 1 unspecified atom stereocenters. The first-order valence-corrected chi connectivity index (χ1v) is 4.89. The van der Waals surface area contributed by atoms with E-state index in [0.29, 0.717) is 6.61 Å². The van der Waals surface area contributed by atoms with Crippen molar-refractivity contribution in [1.82, 2.24) is 5.32 Å². The molecule has 4 heteroatoms. The SMILES string of the molecule is CCOCC(NC)c1c(F)cccc1F. The van der Waals surface area contributed by atoms with Gasteiger partial charge in [0, 0.05) is 12.2 Å². The number of benzene rings is 1. The van der Waals surface area contributed by atoms with E-state index in [1.165, 1.54) is 18.2 Å².